The van der Waals surface area contributed by atoms with Crippen LogP contribution in [0.15, 0.2) is 36.7 Å². The van der Waals surface area contributed by atoms with Gasteiger partial charge in [-0.1, -0.05) is 17.7 Å². The molecule has 0 aliphatic carbocycles. The van der Waals surface area contributed by atoms with E-state index in [1.807, 2.05) is 24.3 Å². The quantitative estimate of drug-likeness (QED) is 0.945. The average molecular weight is 292 g/mol. The molecule has 0 saturated heterocycles. The Bertz CT molecular complexity index is 618. The normalized spacial score (nSPS) is 14.9. The van der Waals surface area contributed by atoms with Crippen molar-refractivity contribution in [1.29, 1.82) is 0 Å². The van der Waals surface area contributed by atoms with Gasteiger partial charge in [0.2, 0.25) is 0 Å². The standard InChI is InChI=1S/C15H14ClNO3/c16-12-9-17-4-3-10(12)7-13(18)11-1-2-14-15(8-11)20-6-5-19-14/h1-4,8-9,13,18H,5-7H2. The van der Waals surface area contributed by atoms with Crippen LogP contribution >= 0.6 is 11.6 Å². The highest BCUT2D eigenvalue weighted by Crippen LogP contribution is 2.33. The number of fused-ring (bicyclic) bond motifs is 1. The number of ether oxygens (including phenoxy) is 2. The van der Waals surface area contributed by atoms with Gasteiger partial charge in [0.15, 0.2) is 11.5 Å². The maximum Gasteiger partial charge on any atom is 0.161 e. The van der Waals surface area contributed by atoms with Crippen molar-refractivity contribution in [3.63, 3.8) is 0 Å². The van der Waals surface area contributed by atoms with Gasteiger partial charge < -0.3 is 14.6 Å². The van der Waals surface area contributed by atoms with Crippen LogP contribution in [0.5, 0.6) is 11.5 Å². The molecule has 0 bridgehead atoms. The number of hydrogen-bond donors (Lipinski definition) is 1. The number of pyridine rings is 1. The Kier molecular flexibility index (Phi) is 3.76. The first-order valence-corrected chi connectivity index (χ1v) is 6.78. The molecule has 1 N–H and O–H groups in total. The maximum absolute atomic E-state index is 10.3. The van der Waals surface area contributed by atoms with Crippen LogP contribution in [0.2, 0.25) is 5.02 Å². The Morgan fingerprint density at radius 2 is 2.00 bits per heavy atom. The van der Waals surface area contributed by atoms with Crippen LogP contribution in [0, 0.1) is 0 Å². The van der Waals surface area contributed by atoms with E-state index in [-0.39, 0.29) is 0 Å². The van der Waals surface area contributed by atoms with Crippen molar-refractivity contribution in [3.8, 4) is 11.5 Å². The van der Waals surface area contributed by atoms with E-state index in [0.29, 0.717) is 36.2 Å². The molecule has 1 aliphatic rings. The maximum atomic E-state index is 10.3. The lowest BCUT2D eigenvalue weighted by Gasteiger charge is -2.20. The fraction of sp³-hybridized carbons (Fsp3) is 0.267. The zero-order valence-corrected chi connectivity index (χ0v) is 11.5. The van der Waals surface area contributed by atoms with E-state index in [9.17, 15) is 5.11 Å². The molecule has 5 heteroatoms. The molecule has 1 aromatic heterocycles. The molecule has 0 radical (unpaired) electrons. The molecule has 4 nitrogen and oxygen atoms in total. The highest BCUT2D eigenvalue weighted by molar-refractivity contribution is 6.31. The summed E-state index contributed by atoms with van der Waals surface area (Å²) in [5.74, 6) is 1.39. The topological polar surface area (TPSA) is 51.6 Å². The molecule has 3 rings (SSSR count). The summed E-state index contributed by atoms with van der Waals surface area (Å²) in [5, 5.41) is 10.9. The molecule has 0 saturated carbocycles. The van der Waals surface area contributed by atoms with Gasteiger partial charge in [0.25, 0.3) is 0 Å². The third kappa shape index (κ3) is 2.71. The third-order valence-electron chi connectivity index (χ3n) is 3.22. The van der Waals surface area contributed by atoms with Gasteiger partial charge in [-0.25, -0.2) is 0 Å². The predicted molar refractivity (Wildman–Crippen MR) is 75.3 cm³/mol. The van der Waals surface area contributed by atoms with Crippen molar-refractivity contribution in [3.05, 3.63) is 52.8 Å². The molecule has 2 aromatic rings. The Morgan fingerprint density at radius 3 is 2.80 bits per heavy atom. The Balaban J connectivity index is 1.80. The minimum Gasteiger partial charge on any atom is -0.486 e. The van der Waals surface area contributed by atoms with Crippen LogP contribution in [0.3, 0.4) is 0 Å². The fourth-order valence-electron chi connectivity index (χ4n) is 2.16. The highest BCUT2D eigenvalue weighted by Gasteiger charge is 2.16. The SMILES string of the molecule is OC(Cc1ccncc1Cl)c1ccc2c(c1)OCCO2. The van der Waals surface area contributed by atoms with E-state index in [4.69, 9.17) is 21.1 Å². The average Bonchev–Trinajstić information content (AvgIpc) is 2.49. The van der Waals surface area contributed by atoms with Crippen LogP contribution in [0.4, 0.5) is 0 Å². The lowest BCUT2D eigenvalue weighted by atomic mass is 10.0. The van der Waals surface area contributed by atoms with Crippen molar-refractivity contribution in [2.75, 3.05) is 13.2 Å². The summed E-state index contributed by atoms with van der Waals surface area (Å²) in [6.45, 7) is 1.09. The predicted octanol–water partition coefficient (Wildman–Crippen LogP) is 2.78. The van der Waals surface area contributed by atoms with Gasteiger partial charge in [0, 0.05) is 18.8 Å². The zero-order valence-electron chi connectivity index (χ0n) is 10.8. The number of rotatable bonds is 3. The molecule has 1 aromatic carbocycles. The summed E-state index contributed by atoms with van der Waals surface area (Å²) in [4.78, 5) is 3.93. The number of aromatic nitrogens is 1. The Hall–Kier alpha value is -1.78. The van der Waals surface area contributed by atoms with Crippen LogP contribution in [0.1, 0.15) is 17.2 Å². The van der Waals surface area contributed by atoms with E-state index < -0.39 is 6.10 Å². The van der Waals surface area contributed by atoms with Crippen molar-refractivity contribution < 1.29 is 14.6 Å². The van der Waals surface area contributed by atoms with Crippen molar-refractivity contribution in [1.82, 2.24) is 4.98 Å². The van der Waals surface area contributed by atoms with Crippen molar-refractivity contribution in [2.45, 2.75) is 12.5 Å². The summed E-state index contributed by atoms with van der Waals surface area (Å²) in [5.41, 5.74) is 1.64. The van der Waals surface area contributed by atoms with E-state index in [0.717, 1.165) is 11.1 Å². The molecule has 1 atom stereocenters. The molecule has 0 amide bonds. The summed E-state index contributed by atoms with van der Waals surface area (Å²) in [6, 6.07) is 7.28. The smallest absolute Gasteiger partial charge is 0.161 e. The number of benzene rings is 1. The second-order valence-electron chi connectivity index (χ2n) is 4.59. The minimum atomic E-state index is -0.647. The molecule has 1 aliphatic heterocycles. The van der Waals surface area contributed by atoms with Gasteiger partial charge >= 0.3 is 0 Å². The van der Waals surface area contributed by atoms with Gasteiger partial charge in [-0.3, -0.25) is 4.98 Å². The third-order valence-corrected chi connectivity index (χ3v) is 3.56. The second kappa shape index (κ2) is 5.69. The summed E-state index contributed by atoms with van der Waals surface area (Å²) in [6.07, 6.45) is 3.03. The summed E-state index contributed by atoms with van der Waals surface area (Å²) >= 11 is 6.05. The van der Waals surface area contributed by atoms with Crippen LogP contribution in [0.25, 0.3) is 0 Å². The molecular formula is C15H14ClNO3. The molecule has 0 fully saturated rings. The summed E-state index contributed by atoms with van der Waals surface area (Å²) < 4.78 is 11.0. The first kappa shape index (κ1) is 13.2. The lowest BCUT2D eigenvalue weighted by Crippen LogP contribution is -2.15. The zero-order chi connectivity index (χ0) is 13.9. The largest absolute Gasteiger partial charge is 0.486 e. The van der Waals surface area contributed by atoms with Gasteiger partial charge in [-0.15, -0.1) is 0 Å². The van der Waals surface area contributed by atoms with Crippen LogP contribution in [-0.4, -0.2) is 23.3 Å². The van der Waals surface area contributed by atoms with Gasteiger partial charge in [-0.05, 0) is 29.3 Å². The molecule has 104 valence electrons. The number of hydrogen-bond acceptors (Lipinski definition) is 4. The van der Waals surface area contributed by atoms with Crippen molar-refractivity contribution >= 4 is 11.6 Å². The Labute approximate surface area is 121 Å². The lowest BCUT2D eigenvalue weighted by molar-refractivity contribution is 0.164. The van der Waals surface area contributed by atoms with Gasteiger partial charge in [-0.2, -0.15) is 0 Å². The van der Waals surface area contributed by atoms with E-state index in [2.05, 4.69) is 4.98 Å². The number of nitrogens with zero attached hydrogens (tertiary/aromatic N) is 1. The fourth-order valence-corrected chi connectivity index (χ4v) is 2.36. The molecule has 2 heterocycles. The number of halogens is 1. The molecule has 1 unspecified atom stereocenters. The Morgan fingerprint density at radius 1 is 1.20 bits per heavy atom. The highest BCUT2D eigenvalue weighted by atomic mass is 35.5. The first-order valence-electron chi connectivity index (χ1n) is 6.40. The minimum absolute atomic E-state index is 0.432. The molecular weight excluding hydrogens is 278 g/mol. The van der Waals surface area contributed by atoms with E-state index in [1.165, 1.54) is 0 Å². The number of aliphatic hydroxyl groups is 1. The molecule has 20 heavy (non-hydrogen) atoms. The second-order valence-corrected chi connectivity index (χ2v) is 5.00. The molecule has 0 spiro atoms. The van der Waals surface area contributed by atoms with Crippen molar-refractivity contribution in [2.24, 2.45) is 0 Å². The number of aliphatic hydroxyl groups excluding tert-OH is 1. The first-order chi connectivity index (χ1) is 9.74. The van der Waals surface area contributed by atoms with Crippen LogP contribution in [-0.2, 0) is 6.42 Å². The van der Waals surface area contributed by atoms with E-state index in [1.54, 1.807) is 12.4 Å². The summed E-state index contributed by atoms with van der Waals surface area (Å²) in [7, 11) is 0. The van der Waals surface area contributed by atoms with Gasteiger partial charge in [0.05, 0.1) is 11.1 Å². The van der Waals surface area contributed by atoms with Gasteiger partial charge in [0.1, 0.15) is 13.2 Å². The van der Waals surface area contributed by atoms with E-state index >= 15 is 0 Å². The monoisotopic (exact) mass is 291 g/mol. The van der Waals surface area contributed by atoms with Crippen LogP contribution < -0.4 is 9.47 Å².